The molecule has 1 N–H and O–H groups in total. The highest BCUT2D eigenvalue weighted by Crippen LogP contribution is 2.36. The van der Waals surface area contributed by atoms with Gasteiger partial charge >= 0.3 is 6.18 Å². The zero-order chi connectivity index (χ0) is 20.6. The highest BCUT2D eigenvalue weighted by atomic mass is 32.1. The number of aromatic nitrogens is 2. The number of anilines is 2. The number of thiophene rings is 1. The first-order valence-electron chi connectivity index (χ1n) is 9.32. The number of benzene rings is 1. The Balaban J connectivity index is 1.71. The zero-order valence-electron chi connectivity index (χ0n) is 16.1. The number of aryl methyl sites for hydroxylation is 2. The van der Waals surface area contributed by atoms with Gasteiger partial charge in [0.25, 0.3) is 0 Å². The molecule has 29 heavy (non-hydrogen) atoms. The minimum Gasteiger partial charge on any atom is -0.379 e. The average Bonchev–Trinajstić information content (AvgIpc) is 2.96. The van der Waals surface area contributed by atoms with Crippen LogP contribution in [0.5, 0.6) is 0 Å². The van der Waals surface area contributed by atoms with Crippen molar-refractivity contribution in [2.45, 2.75) is 26.6 Å². The van der Waals surface area contributed by atoms with Crippen molar-refractivity contribution in [2.24, 2.45) is 0 Å². The summed E-state index contributed by atoms with van der Waals surface area (Å²) in [4.78, 5) is 13.6. The Morgan fingerprint density at radius 2 is 1.93 bits per heavy atom. The third kappa shape index (κ3) is 4.36. The molecule has 0 aliphatic carbocycles. The predicted molar refractivity (Wildman–Crippen MR) is 108 cm³/mol. The van der Waals surface area contributed by atoms with Crippen molar-refractivity contribution in [2.75, 3.05) is 31.6 Å². The van der Waals surface area contributed by atoms with E-state index in [-0.39, 0.29) is 0 Å². The molecule has 5 nitrogen and oxygen atoms in total. The number of ether oxygens (including phenoxy) is 1. The molecule has 9 heteroatoms. The number of rotatable bonds is 4. The smallest absolute Gasteiger partial charge is 0.379 e. The van der Waals surface area contributed by atoms with Crippen molar-refractivity contribution in [3.63, 3.8) is 0 Å². The van der Waals surface area contributed by atoms with E-state index in [1.165, 1.54) is 6.07 Å². The van der Waals surface area contributed by atoms with Gasteiger partial charge in [0, 0.05) is 23.7 Å². The Hall–Kier alpha value is -2.23. The van der Waals surface area contributed by atoms with Gasteiger partial charge in [0.2, 0.25) is 0 Å². The Labute approximate surface area is 170 Å². The summed E-state index contributed by atoms with van der Waals surface area (Å²) >= 11 is 1.57. The second-order valence-corrected chi connectivity index (χ2v) is 8.25. The highest BCUT2D eigenvalue weighted by Gasteiger charge is 2.30. The molecule has 0 radical (unpaired) electrons. The van der Waals surface area contributed by atoms with E-state index in [0.717, 1.165) is 45.9 Å². The lowest BCUT2D eigenvalue weighted by Gasteiger charge is -2.25. The summed E-state index contributed by atoms with van der Waals surface area (Å²) in [6.07, 6.45) is -4.39. The molecule has 3 heterocycles. The summed E-state index contributed by atoms with van der Waals surface area (Å²) in [7, 11) is 0. The molecule has 1 aliphatic rings. The lowest BCUT2D eigenvalue weighted by molar-refractivity contribution is -0.137. The summed E-state index contributed by atoms with van der Waals surface area (Å²) in [5, 5.41) is 3.96. The topological polar surface area (TPSA) is 50.3 Å². The highest BCUT2D eigenvalue weighted by molar-refractivity contribution is 7.18. The maximum Gasteiger partial charge on any atom is 0.416 e. The number of morpholine rings is 1. The minimum absolute atomic E-state index is 0.348. The Bertz CT molecular complexity index is 1030. The summed E-state index contributed by atoms with van der Waals surface area (Å²) < 4.78 is 44.6. The van der Waals surface area contributed by atoms with Gasteiger partial charge in [-0.2, -0.15) is 13.2 Å². The van der Waals surface area contributed by atoms with Crippen LogP contribution in [0.15, 0.2) is 24.3 Å². The van der Waals surface area contributed by atoms with E-state index in [9.17, 15) is 13.2 Å². The van der Waals surface area contributed by atoms with Crippen LogP contribution in [-0.4, -0.2) is 41.2 Å². The molecule has 0 saturated carbocycles. The van der Waals surface area contributed by atoms with Crippen molar-refractivity contribution in [3.8, 4) is 0 Å². The molecule has 2 aromatic heterocycles. The maximum atomic E-state index is 13.1. The first-order chi connectivity index (χ1) is 13.8. The van der Waals surface area contributed by atoms with Gasteiger partial charge in [0.15, 0.2) is 0 Å². The fourth-order valence-corrected chi connectivity index (χ4v) is 4.37. The number of hydrogen-bond acceptors (Lipinski definition) is 6. The van der Waals surface area contributed by atoms with E-state index in [0.29, 0.717) is 37.1 Å². The predicted octanol–water partition coefficient (Wildman–Crippen LogP) is 4.90. The van der Waals surface area contributed by atoms with Crippen LogP contribution in [0.3, 0.4) is 0 Å². The van der Waals surface area contributed by atoms with E-state index >= 15 is 0 Å². The van der Waals surface area contributed by atoms with Gasteiger partial charge in [-0.05, 0) is 37.6 Å². The molecule has 1 fully saturated rings. The molecule has 1 aliphatic heterocycles. The number of nitrogens with zero attached hydrogens (tertiary/aromatic N) is 3. The second kappa shape index (κ2) is 7.89. The van der Waals surface area contributed by atoms with Crippen molar-refractivity contribution in [1.82, 2.24) is 14.9 Å². The molecular formula is C20H21F3N4OS. The number of fused-ring (bicyclic) bond motifs is 1. The zero-order valence-corrected chi connectivity index (χ0v) is 17.0. The minimum atomic E-state index is -4.39. The molecule has 0 spiro atoms. The number of alkyl halides is 3. The fourth-order valence-electron chi connectivity index (χ4n) is 3.32. The van der Waals surface area contributed by atoms with Gasteiger partial charge in [-0.3, -0.25) is 4.90 Å². The lowest BCUT2D eigenvalue weighted by atomic mass is 10.1. The molecule has 154 valence electrons. The molecule has 0 atom stereocenters. The molecule has 3 aromatic rings. The van der Waals surface area contributed by atoms with Gasteiger partial charge in [0.05, 0.1) is 30.7 Å². The Morgan fingerprint density at radius 1 is 1.17 bits per heavy atom. The summed E-state index contributed by atoms with van der Waals surface area (Å²) in [5.41, 5.74) is 0.692. The lowest BCUT2D eigenvalue weighted by Crippen LogP contribution is -2.36. The van der Waals surface area contributed by atoms with E-state index < -0.39 is 11.7 Å². The second-order valence-electron chi connectivity index (χ2n) is 7.04. The van der Waals surface area contributed by atoms with Gasteiger partial charge in [0.1, 0.15) is 16.5 Å². The first-order valence-corrected chi connectivity index (χ1v) is 10.1. The van der Waals surface area contributed by atoms with Crippen LogP contribution in [0.25, 0.3) is 10.2 Å². The van der Waals surface area contributed by atoms with Crippen LogP contribution in [0, 0.1) is 13.8 Å². The molecule has 0 unspecified atom stereocenters. The summed E-state index contributed by atoms with van der Waals surface area (Å²) in [5.74, 6) is 1.19. The van der Waals surface area contributed by atoms with Crippen LogP contribution >= 0.6 is 11.3 Å². The van der Waals surface area contributed by atoms with E-state index in [1.54, 1.807) is 17.4 Å². The monoisotopic (exact) mass is 422 g/mol. The quantitative estimate of drug-likeness (QED) is 0.648. The summed E-state index contributed by atoms with van der Waals surface area (Å²) in [6.45, 7) is 7.53. The van der Waals surface area contributed by atoms with Gasteiger partial charge in [-0.1, -0.05) is 6.07 Å². The van der Waals surface area contributed by atoms with Crippen LogP contribution < -0.4 is 5.32 Å². The molecule has 1 aromatic carbocycles. The molecule has 0 bridgehead atoms. The van der Waals surface area contributed by atoms with E-state index in [1.807, 2.05) is 13.8 Å². The number of nitrogens with one attached hydrogen (secondary N) is 1. The fraction of sp³-hybridized carbons (Fsp3) is 0.400. The van der Waals surface area contributed by atoms with Crippen molar-refractivity contribution in [3.05, 3.63) is 46.1 Å². The molecular weight excluding hydrogens is 401 g/mol. The van der Waals surface area contributed by atoms with Crippen LogP contribution in [0.4, 0.5) is 24.7 Å². The van der Waals surface area contributed by atoms with Crippen LogP contribution in [0.1, 0.15) is 21.8 Å². The Morgan fingerprint density at radius 3 is 2.66 bits per heavy atom. The molecule has 4 rings (SSSR count). The molecule has 0 amide bonds. The van der Waals surface area contributed by atoms with Gasteiger partial charge < -0.3 is 10.1 Å². The Kier molecular flexibility index (Phi) is 5.46. The van der Waals surface area contributed by atoms with Crippen molar-refractivity contribution in [1.29, 1.82) is 0 Å². The van der Waals surface area contributed by atoms with Crippen LogP contribution in [-0.2, 0) is 17.5 Å². The number of hydrogen-bond donors (Lipinski definition) is 1. The summed E-state index contributed by atoms with van der Waals surface area (Å²) in [6, 6.07) is 5.16. The molecule has 1 saturated heterocycles. The third-order valence-electron chi connectivity index (χ3n) is 5.00. The average molecular weight is 422 g/mol. The van der Waals surface area contributed by atoms with E-state index in [2.05, 4.69) is 15.2 Å². The normalized spacial score (nSPS) is 15.8. The first kappa shape index (κ1) is 20.1. The van der Waals surface area contributed by atoms with Crippen molar-refractivity contribution >= 4 is 33.1 Å². The van der Waals surface area contributed by atoms with Gasteiger partial charge in [-0.15, -0.1) is 11.3 Å². The SMILES string of the molecule is Cc1sc2nc(CN3CCOCC3)nc(Nc3cccc(C(F)(F)F)c3)c2c1C. The maximum absolute atomic E-state index is 13.1. The van der Waals surface area contributed by atoms with Gasteiger partial charge in [-0.25, -0.2) is 9.97 Å². The van der Waals surface area contributed by atoms with E-state index in [4.69, 9.17) is 9.72 Å². The third-order valence-corrected chi connectivity index (χ3v) is 6.10. The number of halogens is 3. The largest absolute Gasteiger partial charge is 0.416 e. The van der Waals surface area contributed by atoms with Crippen LogP contribution in [0.2, 0.25) is 0 Å². The van der Waals surface area contributed by atoms with Crippen molar-refractivity contribution < 1.29 is 17.9 Å². The standard InChI is InChI=1S/C20H21F3N4OS/c1-12-13(2)29-19-17(12)18(24-15-5-3-4-14(10-15)20(21,22)23)25-16(26-19)11-27-6-8-28-9-7-27/h3-5,10H,6-9,11H2,1-2H3,(H,24,25,26).